The van der Waals surface area contributed by atoms with E-state index in [-0.39, 0.29) is 6.10 Å². The molecule has 0 radical (unpaired) electrons. The van der Waals surface area contributed by atoms with Crippen molar-refractivity contribution in [3.8, 4) is 0 Å². The lowest BCUT2D eigenvalue weighted by Crippen LogP contribution is -2.44. The van der Waals surface area contributed by atoms with Crippen LogP contribution in [0.5, 0.6) is 0 Å². The van der Waals surface area contributed by atoms with E-state index in [1.807, 2.05) is 12.1 Å². The molecule has 3 fully saturated rings. The molecule has 0 amide bonds. The number of nitrogens with zero attached hydrogens (tertiary/aromatic N) is 3. The fourth-order valence-corrected chi connectivity index (χ4v) is 5.97. The van der Waals surface area contributed by atoms with Gasteiger partial charge in [0.15, 0.2) is 0 Å². The van der Waals surface area contributed by atoms with E-state index in [2.05, 4.69) is 4.90 Å². The fraction of sp³-hybridized carbons (Fsp3) is 0.789. The molecule has 0 aliphatic carbocycles. The van der Waals surface area contributed by atoms with Gasteiger partial charge in [-0.3, -0.25) is 4.90 Å². The van der Waals surface area contributed by atoms with E-state index >= 15 is 0 Å². The molecule has 1 aromatic rings. The molecule has 152 valence electrons. The van der Waals surface area contributed by atoms with Crippen LogP contribution >= 0.6 is 0 Å². The topological polar surface area (TPSA) is 66.2 Å². The summed E-state index contributed by atoms with van der Waals surface area (Å²) in [6.45, 7) is 5.66. The third-order valence-corrected chi connectivity index (χ3v) is 7.86. The summed E-state index contributed by atoms with van der Waals surface area (Å²) in [5, 5.41) is 0. The van der Waals surface area contributed by atoms with Crippen molar-refractivity contribution in [1.29, 1.82) is 0 Å². The minimum atomic E-state index is -3.29. The van der Waals surface area contributed by atoms with E-state index in [9.17, 15) is 8.42 Å². The van der Waals surface area contributed by atoms with Crippen molar-refractivity contribution in [3.05, 3.63) is 23.7 Å². The number of furan rings is 1. The molecule has 7 nitrogen and oxygen atoms in total. The van der Waals surface area contributed by atoms with Crippen LogP contribution in [0.1, 0.15) is 56.1 Å². The van der Waals surface area contributed by atoms with Gasteiger partial charge in [0.2, 0.25) is 0 Å². The molecule has 1 atom stereocenters. The maximum Gasteiger partial charge on any atom is 0.282 e. The SMILES string of the molecule is O=S(=O)(N1CCCC1)N1CCCN(Cc2ccc(C3CCCCO3)o2)CC1. The summed E-state index contributed by atoms with van der Waals surface area (Å²) in [7, 11) is -3.29. The van der Waals surface area contributed by atoms with Gasteiger partial charge in [-0.05, 0) is 57.2 Å². The molecular weight excluding hydrogens is 366 g/mol. The summed E-state index contributed by atoms with van der Waals surface area (Å²) in [6.07, 6.45) is 6.25. The van der Waals surface area contributed by atoms with Gasteiger partial charge in [0.1, 0.15) is 17.6 Å². The molecule has 1 aromatic heterocycles. The van der Waals surface area contributed by atoms with Crippen molar-refractivity contribution in [2.75, 3.05) is 45.9 Å². The molecule has 3 aliphatic rings. The normalized spacial score (nSPS) is 27.0. The van der Waals surface area contributed by atoms with Crippen LogP contribution in [0.4, 0.5) is 0 Å². The second-order valence-corrected chi connectivity index (χ2v) is 9.73. The maximum atomic E-state index is 12.8. The highest BCUT2D eigenvalue weighted by molar-refractivity contribution is 7.86. The van der Waals surface area contributed by atoms with E-state index in [4.69, 9.17) is 9.15 Å². The Kier molecular flexibility index (Phi) is 6.18. The molecule has 0 aromatic carbocycles. The average molecular weight is 398 g/mol. The van der Waals surface area contributed by atoms with Crippen LogP contribution in [-0.4, -0.2) is 67.8 Å². The minimum absolute atomic E-state index is 0.0951. The van der Waals surface area contributed by atoms with Gasteiger partial charge in [0, 0.05) is 39.3 Å². The van der Waals surface area contributed by atoms with Crippen LogP contribution in [0.2, 0.25) is 0 Å². The van der Waals surface area contributed by atoms with E-state index in [1.165, 1.54) is 6.42 Å². The Morgan fingerprint density at radius 1 is 0.889 bits per heavy atom. The summed E-state index contributed by atoms with van der Waals surface area (Å²) in [5.41, 5.74) is 0. The van der Waals surface area contributed by atoms with Gasteiger partial charge in [0.25, 0.3) is 10.2 Å². The fourth-order valence-electron chi connectivity index (χ4n) is 4.26. The molecule has 0 spiro atoms. The van der Waals surface area contributed by atoms with E-state index in [0.717, 1.165) is 69.9 Å². The zero-order chi connectivity index (χ0) is 18.7. The van der Waals surface area contributed by atoms with Crippen LogP contribution < -0.4 is 0 Å². The first-order valence-corrected chi connectivity index (χ1v) is 11.7. The third-order valence-electron chi connectivity index (χ3n) is 5.82. The first kappa shape index (κ1) is 19.4. The molecule has 1 unspecified atom stereocenters. The predicted molar refractivity (Wildman–Crippen MR) is 102 cm³/mol. The Bertz CT molecular complexity index is 708. The predicted octanol–water partition coefficient (Wildman–Crippen LogP) is 2.37. The highest BCUT2D eigenvalue weighted by Crippen LogP contribution is 2.29. The molecule has 4 heterocycles. The molecule has 3 aliphatic heterocycles. The van der Waals surface area contributed by atoms with Crippen molar-refractivity contribution in [3.63, 3.8) is 0 Å². The monoisotopic (exact) mass is 397 g/mol. The molecule has 0 saturated carbocycles. The number of hydrogen-bond donors (Lipinski definition) is 0. The Labute approximate surface area is 162 Å². The Hall–Kier alpha value is -0.930. The molecule has 0 bridgehead atoms. The van der Waals surface area contributed by atoms with Gasteiger partial charge in [-0.2, -0.15) is 17.0 Å². The smallest absolute Gasteiger partial charge is 0.282 e. The number of rotatable bonds is 5. The second-order valence-electron chi connectivity index (χ2n) is 7.80. The van der Waals surface area contributed by atoms with Crippen molar-refractivity contribution < 1.29 is 17.6 Å². The summed E-state index contributed by atoms with van der Waals surface area (Å²) in [6, 6.07) is 4.07. The zero-order valence-electron chi connectivity index (χ0n) is 16.0. The molecule has 4 rings (SSSR count). The van der Waals surface area contributed by atoms with Crippen molar-refractivity contribution in [1.82, 2.24) is 13.5 Å². The first-order chi connectivity index (χ1) is 13.1. The van der Waals surface area contributed by atoms with Crippen molar-refractivity contribution >= 4 is 10.2 Å². The quantitative estimate of drug-likeness (QED) is 0.763. The van der Waals surface area contributed by atoms with Gasteiger partial charge in [0.05, 0.1) is 6.54 Å². The Balaban J connectivity index is 1.33. The van der Waals surface area contributed by atoms with Crippen LogP contribution in [0.25, 0.3) is 0 Å². The number of ether oxygens (including phenoxy) is 1. The molecular formula is C19H31N3O4S. The summed E-state index contributed by atoms with van der Waals surface area (Å²) in [5.74, 6) is 1.87. The van der Waals surface area contributed by atoms with Gasteiger partial charge in [-0.25, -0.2) is 0 Å². The number of hydrogen-bond acceptors (Lipinski definition) is 5. The minimum Gasteiger partial charge on any atom is -0.462 e. The van der Waals surface area contributed by atoms with E-state index in [1.54, 1.807) is 8.61 Å². The van der Waals surface area contributed by atoms with Crippen LogP contribution in [0.15, 0.2) is 16.5 Å². The van der Waals surface area contributed by atoms with Crippen molar-refractivity contribution in [2.24, 2.45) is 0 Å². The maximum absolute atomic E-state index is 12.8. The highest BCUT2D eigenvalue weighted by atomic mass is 32.2. The molecule has 27 heavy (non-hydrogen) atoms. The second kappa shape index (κ2) is 8.61. The van der Waals surface area contributed by atoms with Crippen LogP contribution in [-0.2, 0) is 21.5 Å². The van der Waals surface area contributed by atoms with Crippen LogP contribution in [0, 0.1) is 0 Å². The van der Waals surface area contributed by atoms with E-state index in [0.29, 0.717) is 26.2 Å². The zero-order valence-corrected chi connectivity index (χ0v) is 16.8. The summed E-state index contributed by atoms with van der Waals surface area (Å²) < 4.78 is 40.7. The first-order valence-electron chi connectivity index (χ1n) is 10.3. The molecule has 8 heteroatoms. The summed E-state index contributed by atoms with van der Waals surface area (Å²) >= 11 is 0. The third kappa shape index (κ3) is 4.56. The van der Waals surface area contributed by atoms with Crippen LogP contribution in [0.3, 0.4) is 0 Å². The van der Waals surface area contributed by atoms with Gasteiger partial charge < -0.3 is 9.15 Å². The largest absolute Gasteiger partial charge is 0.462 e. The lowest BCUT2D eigenvalue weighted by molar-refractivity contribution is 0.000866. The van der Waals surface area contributed by atoms with Gasteiger partial charge in [-0.1, -0.05) is 0 Å². The van der Waals surface area contributed by atoms with Crippen molar-refractivity contribution in [2.45, 2.75) is 51.2 Å². The Morgan fingerprint density at radius 3 is 2.44 bits per heavy atom. The summed E-state index contributed by atoms with van der Waals surface area (Å²) in [4.78, 5) is 2.30. The highest BCUT2D eigenvalue weighted by Gasteiger charge is 2.32. The molecule has 3 saturated heterocycles. The lowest BCUT2D eigenvalue weighted by atomic mass is 10.1. The average Bonchev–Trinajstić information content (AvgIpc) is 3.32. The standard InChI is InChI=1S/C19H31N3O4S/c23-27(24,21-10-2-3-11-21)22-12-5-9-20(13-14-22)16-17-7-8-19(26-17)18-6-1-4-15-25-18/h7-8,18H,1-6,9-16H2. The van der Waals surface area contributed by atoms with Gasteiger partial charge in [-0.15, -0.1) is 0 Å². The molecule has 0 N–H and O–H groups in total. The Morgan fingerprint density at radius 2 is 1.67 bits per heavy atom. The lowest BCUT2D eigenvalue weighted by Gasteiger charge is -2.26. The van der Waals surface area contributed by atoms with Gasteiger partial charge >= 0.3 is 0 Å². The van der Waals surface area contributed by atoms with E-state index < -0.39 is 10.2 Å².